The molecular formula is C14H24N4O3S. The summed E-state index contributed by atoms with van der Waals surface area (Å²) in [4.78, 5) is 12.3. The molecule has 0 aromatic carbocycles. The van der Waals surface area contributed by atoms with Gasteiger partial charge in [0.15, 0.2) is 0 Å². The highest BCUT2D eigenvalue weighted by Gasteiger charge is 2.34. The molecule has 2 N–H and O–H groups in total. The Morgan fingerprint density at radius 3 is 2.36 bits per heavy atom. The summed E-state index contributed by atoms with van der Waals surface area (Å²) < 4.78 is 26.9. The van der Waals surface area contributed by atoms with E-state index in [4.69, 9.17) is 0 Å². The lowest BCUT2D eigenvalue weighted by Gasteiger charge is -2.31. The van der Waals surface area contributed by atoms with E-state index in [-0.39, 0.29) is 22.8 Å². The van der Waals surface area contributed by atoms with Crippen LogP contribution in [0.4, 0.5) is 0 Å². The van der Waals surface area contributed by atoms with E-state index in [9.17, 15) is 13.2 Å². The van der Waals surface area contributed by atoms with Gasteiger partial charge in [-0.15, -0.1) is 0 Å². The molecule has 1 saturated heterocycles. The Hall–Kier alpha value is -1.41. The van der Waals surface area contributed by atoms with Gasteiger partial charge in [-0.2, -0.15) is 9.40 Å². The predicted octanol–water partition coefficient (Wildman–Crippen LogP) is 0.952. The first-order valence-electron chi connectivity index (χ1n) is 7.55. The highest BCUT2D eigenvalue weighted by atomic mass is 32.2. The molecule has 124 valence electrons. The van der Waals surface area contributed by atoms with Crippen molar-refractivity contribution in [2.24, 2.45) is 5.92 Å². The normalized spacial score (nSPS) is 17.9. The monoisotopic (exact) mass is 328 g/mol. The molecule has 0 spiro atoms. The van der Waals surface area contributed by atoms with Crippen molar-refractivity contribution in [1.82, 2.24) is 19.8 Å². The van der Waals surface area contributed by atoms with Crippen molar-refractivity contribution in [3.63, 3.8) is 0 Å². The zero-order valence-corrected chi connectivity index (χ0v) is 14.3. The maximum atomic E-state index is 12.7. The average Bonchev–Trinajstić information content (AvgIpc) is 2.78. The molecule has 0 atom stereocenters. The van der Waals surface area contributed by atoms with Crippen LogP contribution in [-0.2, 0) is 14.8 Å². The number of amides is 1. The lowest BCUT2D eigenvalue weighted by Crippen LogP contribution is -2.44. The van der Waals surface area contributed by atoms with Crippen LogP contribution in [0.1, 0.15) is 38.1 Å². The Kier molecular flexibility index (Phi) is 4.91. The largest absolute Gasteiger partial charge is 0.354 e. The molecule has 0 radical (unpaired) electrons. The van der Waals surface area contributed by atoms with Crippen molar-refractivity contribution in [2.45, 2.75) is 51.5 Å². The standard InChI is InChI=1S/C14H24N4O3S/c1-9(2)15-14(19)12-5-7-18(8-6-12)22(20,21)13-10(3)16-17-11(13)4/h9,12H,5-8H2,1-4H3,(H,15,19)(H,16,17). The van der Waals surface area contributed by atoms with E-state index in [2.05, 4.69) is 15.5 Å². The third-order valence-electron chi connectivity index (χ3n) is 3.91. The Morgan fingerprint density at radius 1 is 1.32 bits per heavy atom. The molecule has 1 fully saturated rings. The molecule has 7 nitrogen and oxygen atoms in total. The summed E-state index contributed by atoms with van der Waals surface area (Å²) in [6.45, 7) is 7.95. The molecule has 1 aliphatic rings. The lowest BCUT2D eigenvalue weighted by molar-refractivity contribution is -0.126. The molecule has 8 heteroatoms. The van der Waals surface area contributed by atoms with E-state index in [0.29, 0.717) is 37.3 Å². The molecule has 0 aliphatic carbocycles. The van der Waals surface area contributed by atoms with Gasteiger partial charge in [0.1, 0.15) is 4.90 Å². The summed E-state index contributed by atoms with van der Waals surface area (Å²) in [6.07, 6.45) is 1.10. The number of aryl methyl sites for hydroxylation is 2. The zero-order chi connectivity index (χ0) is 16.5. The molecular weight excluding hydrogens is 304 g/mol. The summed E-state index contributed by atoms with van der Waals surface area (Å²) in [5.74, 6) is -0.0943. The molecule has 1 aromatic rings. The summed E-state index contributed by atoms with van der Waals surface area (Å²) in [7, 11) is -3.54. The minimum Gasteiger partial charge on any atom is -0.354 e. The lowest BCUT2D eigenvalue weighted by atomic mass is 9.97. The van der Waals surface area contributed by atoms with Crippen LogP contribution in [0.25, 0.3) is 0 Å². The van der Waals surface area contributed by atoms with Gasteiger partial charge in [0.2, 0.25) is 15.9 Å². The van der Waals surface area contributed by atoms with E-state index in [1.807, 2.05) is 13.8 Å². The van der Waals surface area contributed by atoms with Gasteiger partial charge in [0.05, 0.1) is 11.4 Å². The van der Waals surface area contributed by atoms with Crippen molar-refractivity contribution in [2.75, 3.05) is 13.1 Å². The number of carbonyl (C=O) groups excluding carboxylic acids is 1. The molecule has 2 heterocycles. The number of hydrogen-bond acceptors (Lipinski definition) is 4. The van der Waals surface area contributed by atoms with E-state index < -0.39 is 10.0 Å². The van der Waals surface area contributed by atoms with Gasteiger partial charge in [-0.25, -0.2) is 8.42 Å². The number of rotatable bonds is 4. The SMILES string of the molecule is Cc1n[nH]c(C)c1S(=O)(=O)N1CCC(C(=O)NC(C)C)CC1. The van der Waals surface area contributed by atoms with Crippen LogP contribution in [0.5, 0.6) is 0 Å². The minimum atomic E-state index is -3.54. The van der Waals surface area contributed by atoms with Gasteiger partial charge in [0.25, 0.3) is 0 Å². The molecule has 1 aromatic heterocycles. The molecule has 0 unspecified atom stereocenters. The first-order chi connectivity index (χ1) is 10.2. The van der Waals surface area contributed by atoms with Crippen molar-refractivity contribution in [3.8, 4) is 0 Å². The maximum Gasteiger partial charge on any atom is 0.246 e. The van der Waals surface area contributed by atoms with Gasteiger partial charge in [-0.1, -0.05) is 0 Å². The third-order valence-corrected chi connectivity index (χ3v) is 6.08. The van der Waals surface area contributed by atoms with Gasteiger partial charge in [-0.3, -0.25) is 9.89 Å². The van der Waals surface area contributed by atoms with Gasteiger partial charge < -0.3 is 5.32 Å². The molecule has 1 amide bonds. The highest BCUT2D eigenvalue weighted by Crippen LogP contribution is 2.26. The van der Waals surface area contributed by atoms with E-state index in [0.717, 1.165) is 0 Å². The number of H-pyrrole nitrogens is 1. The van der Waals surface area contributed by atoms with Crippen molar-refractivity contribution in [1.29, 1.82) is 0 Å². The maximum absolute atomic E-state index is 12.7. The Labute approximate surface area is 131 Å². The number of aromatic amines is 1. The van der Waals surface area contributed by atoms with Crippen LogP contribution in [0.15, 0.2) is 4.90 Å². The number of sulfonamides is 1. The second-order valence-corrected chi connectivity index (χ2v) is 7.98. The second-order valence-electron chi connectivity index (χ2n) is 6.10. The smallest absolute Gasteiger partial charge is 0.246 e. The fourth-order valence-corrected chi connectivity index (χ4v) is 4.61. The molecule has 0 saturated carbocycles. The third kappa shape index (κ3) is 3.33. The molecule has 2 rings (SSSR count). The van der Waals surface area contributed by atoms with Gasteiger partial charge in [0, 0.05) is 25.0 Å². The number of hydrogen-bond donors (Lipinski definition) is 2. The van der Waals surface area contributed by atoms with E-state index >= 15 is 0 Å². The summed E-state index contributed by atoms with van der Waals surface area (Å²) in [5, 5.41) is 9.56. The fourth-order valence-electron chi connectivity index (χ4n) is 2.81. The fraction of sp³-hybridized carbons (Fsp3) is 0.714. The van der Waals surface area contributed by atoms with Crippen LogP contribution in [0, 0.1) is 19.8 Å². The Balaban J connectivity index is 2.07. The summed E-state index contributed by atoms with van der Waals surface area (Å²) >= 11 is 0. The predicted molar refractivity (Wildman–Crippen MR) is 82.8 cm³/mol. The van der Waals surface area contributed by atoms with Gasteiger partial charge in [-0.05, 0) is 40.5 Å². The minimum absolute atomic E-state index is 0.0164. The van der Waals surface area contributed by atoms with Crippen LogP contribution in [0.3, 0.4) is 0 Å². The Bertz CT molecular complexity index is 624. The quantitative estimate of drug-likeness (QED) is 0.860. The van der Waals surface area contributed by atoms with Crippen LogP contribution >= 0.6 is 0 Å². The van der Waals surface area contributed by atoms with E-state index in [1.54, 1.807) is 13.8 Å². The number of nitrogens with one attached hydrogen (secondary N) is 2. The van der Waals surface area contributed by atoms with Crippen LogP contribution < -0.4 is 5.32 Å². The summed E-state index contributed by atoms with van der Waals surface area (Å²) in [5.41, 5.74) is 1.04. The Morgan fingerprint density at radius 2 is 1.91 bits per heavy atom. The topological polar surface area (TPSA) is 95.2 Å². The van der Waals surface area contributed by atoms with Crippen molar-refractivity contribution in [3.05, 3.63) is 11.4 Å². The number of carbonyl (C=O) groups is 1. The highest BCUT2D eigenvalue weighted by molar-refractivity contribution is 7.89. The van der Waals surface area contributed by atoms with Crippen molar-refractivity contribution < 1.29 is 13.2 Å². The molecule has 22 heavy (non-hydrogen) atoms. The van der Waals surface area contributed by atoms with Crippen LogP contribution in [0.2, 0.25) is 0 Å². The number of nitrogens with zero attached hydrogens (tertiary/aromatic N) is 2. The summed E-state index contributed by atoms with van der Waals surface area (Å²) in [6, 6.07) is 0.102. The van der Waals surface area contributed by atoms with E-state index in [1.165, 1.54) is 4.31 Å². The van der Waals surface area contributed by atoms with Crippen LogP contribution in [-0.4, -0.2) is 48.0 Å². The second kappa shape index (κ2) is 6.37. The molecule has 0 bridgehead atoms. The zero-order valence-electron chi connectivity index (χ0n) is 13.5. The first-order valence-corrected chi connectivity index (χ1v) is 8.99. The first kappa shape index (κ1) is 17.0. The van der Waals surface area contributed by atoms with Crippen molar-refractivity contribution >= 4 is 15.9 Å². The average molecular weight is 328 g/mol. The number of piperidine rings is 1. The molecule has 1 aliphatic heterocycles. The number of aromatic nitrogens is 2. The van der Waals surface area contributed by atoms with Gasteiger partial charge >= 0.3 is 0 Å².